The molecule has 0 spiro atoms. The predicted molar refractivity (Wildman–Crippen MR) is 82.7 cm³/mol. The van der Waals surface area contributed by atoms with Crippen LogP contribution < -0.4 is 10.6 Å². The molecule has 1 heterocycles. The lowest BCUT2D eigenvalue weighted by atomic mass is 9.97. The maximum atomic E-state index is 13.0. The zero-order valence-corrected chi connectivity index (χ0v) is 12.6. The Bertz CT molecular complexity index is 459. The number of hydrogen-bond acceptors (Lipinski definition) is 3. The lowest BCUT2D eigenvalue weighted by molar-refractivity contribution is -0.115. The highest BCUT2D eigenvalue weighted by Crippen LogP contribution is 2.15. The van der Waals surface area contributed by atoms with Crippen molar-refractivity contribution in [3.8, 4) is 0 Å². The fourth-order valence-electron chi connectivity index (χ4n) is 2.67. The van der Waals surface area contributed by atoms with Crippen LogP contribution in [0.25, 0.3) is 0 Å². The van der Waals surface area contributed by atoms with E-state index in [0.717, 1.165) is 26.2 Å². The SMILES string of the molecule is CCN1CCC(CNCC(=O)Nc2cccc(F)c2)CC1. The molecule has 0 radical (unpaired) electrons. The zero-order valence-electron chi connectivity index (χ0n) is 12.6. The predicted octanol–water partition coefficient (Wildman–Crippen LogP) is 2.09. The van der Waals surface area contributed by atoms with Gasteiger partial charge in [-0.15, -0.1) is 0 Å². The van der Waals surface area contributed by atoms with Gasteiger partial charge in [0.05, 0.1) is 6.54 Å². The van der Waals surface area contributed by atoms with Crippen LogP contribution in [-0.4, -0.2) is 43.5 Å². The molecule has 5 heteroatoms. The third kappa shape index (κ3) is 5.44. The Hall–Kier alpha value is -1.46. The molecule has 1 fully saturated rings. The van der Waals surface area contributed by atoms with E-state index in [1.165, 1.54) is 25.0 Å². The first-order valence-corrected chi connectivity index (χ1v) is 7.66. The van der Waals surface area contributed by atoms with Gasteiger partial charge in [0.2, 0.25) is 5.91 Å². The van der Waals surface area contributed by atoms with Crippen molar-refractivity contribution < 1.29 is 9.18 Å². The van der Waals surface area contributed by atoms with E-state index in [1.54, 1.807) is 12.1 Å². The molecule has 2 rings (SSSR count). The van der Waals surface area contributed by atoms with Gasteiger partial charge < -0.3 is 15.5 Å². The summed E-state index contributed by atoms with van der Waals surface area (Å²) >= 11 is 0. The topological polar surface area (TPSA) is 44.4 Å². The van der Waals surface area contributed by atoms with Crippen LogP contribution in [0.4, 0.5) is 10.1 Å². The van der Waals surface area contributed by atoms with Crippen LogP contribution in [0.3, 0.4) is 0 Å². The first kappa shape index (κ1) is 15.9. The standard InChI is InChI=1S/C16H24FN3O/c1-2-20-8-6-13(7-9-20)11-18-12-16(21)19-15-5-3-4-14(17)10-15/h3-5,10,13,18H,2,6-9,11-12H2,1H3,(H,19,21). The molecule has 0 saturated carbocycles. The van der Waals surface area contributed by atoms with Crippen molar-refractivity contribution in [2.24, 2.45) is 5.92 Å². The number of rotatable bonds is 6. The molecule has 1 aromatic carbocycles. The Morgan fingerprint density at radius 3 is 2.81 bits per heavy atom. The largest absolute Gasteiger partial charge is 0.325 e. The number of benzene rings is 1. The van der Waals surface area contributed by atoms with Gasteiger partial charge in [-0.25, -0.2) is 4.39 Å². The Kier molecular flexibility index (Phi) is 6.14. The molecule has 1 amide bonds. The van der Waals surface area contributed by atoms with Crippen molar-refractivity contribution in [1.82, 2.24) is 10.2 Å². The molecule has 0 atom stereocenters. The van der Waals surface area contributed by atoms with Crippen molar-refractivity contribution in [2.45, 2.75) is 19.8 Å². The molecule has 1 aliphatic heterocycles. The molecule has 0 aliphatic carbocycles. The van der Waals surface area contributed by atoms with Crippen LogP contribution in [-0.2, 0) is 4.79 Å². The van der Waals surface area contributed by atoms with Crippen molar-refractivity contribution >= 4 is 11.6 Å². The molecular formula is C16H24FN3O. The summed E-state index contributed by atoms with van der Waals surface area (Å²) < 4.78 is 13.0. The van der Waals surface area contributed by atoms with Gasteiger partial charge in [-0.3, -0.25) is 4.79 Å². The van der Waals surface area contributed by atoms with Crippen LogP contribution >= 0.6 is 0 Å². The van der Waals surface area contributed by atoms with Crippen LogP contribution in [0.2, 0.25) is 0 Å². The minimum atomic E-state index is -0.344. The maximum absolute atomic E-state index is 13.0. The smallest absolute Gasteiger partial charge is 0.238 e. The molecule has 0 unspecified atom stereocenters. The van der Waals surface area contributed by atoms with Gasteiger partial charge in [0, 0.05) is 5.69 Å². The Labute approximate surface area is 125 Å². The van der Waals surface area contributed by atoms with Gasteiger partial charge in [0.25, 0.3) is 0 Å². The van der Waals surface area contributed by atoms with Crippen molar-refractivity contribution in [3.05, 3.63) is 30.1 Å². The number of carbonyl (C=O) groups is 1. The Morgan fingerprint density at radius 1 is 1.38 bits per heavy atom. The third-order valence-electron chi connectivity index (χ3n) is 3.98. The number of nitrogens with one attached hydrogen (secondary N) is 2. The monoisotopic (exact) mass is 293 g/mol. The van der Waals surface area contributed by atoms with Gasteiger partial charge >= 0.3 is 0 Å². The number of nitrogens with zero attached hydrogens (tertiary/aromatic N) is 1. The Balaban J connectivity index is 1.63. The summed E-state index contributed by atoms with van der Waals surface area (Å²) in [7, 11) is 0. The molecule has 21 heavy (non-hydrogen) atoms. The normalized spacial score (nSPS) is 16.9. The Morgan fingerprint density at radius 2 is 2.14 bits per heavy atom. The van der Waals surface area contributed by atoms with Crippen molar-refractivity contribution in [2.75, 3.05) is 38.0 Å². The third-order valence-corrected chi connectivity index (χ3v) is 3.98. The maximum Gasteiger partial charge on any atom is 0.238 e. The van der Waals surface area contributed by atoms with E-state index in [9.17, 15) is 9.18 Å². The fraction of sp³-hybridized carbons (Fsp3) is 0.562. The van der Waals surface area contributed by atoms with Crippen molar-refractivity contribution in [1.29, 1.82) is 0 Å². The molecule has 116 valence electrons. The second kappa shape index (κ2) is 8.10. The summed E-state index contributed by atoms with van der Waals surface area (Å²) in [4.78, 5) is 14.2. The average Bonchev–Trinajstić information content (AvgIpc) is 2.48. The molecule has 0 aromatic heterocycles. The second-order valence-corrected chi connectivity index (χ2v) is 5.57. The molecule has 4 nitrogen and oxygen atoms in total. The van der Waals surface area contributed by atoms with Crippen molar-refractivity contribution in [3.63, 3.8) is 0 Å². The highest BCUT2D eigenvalue weighted by molar-refractivity contribution is 5.92. The number of likely N-dealkylation sites (tertiary alicyclic amines) is 1. The second-order valence-electron chi connectivity index (χ2n) is 5.57. The number of piperidine rings is 1. The van der Waals surface area contributed by atoms with Crippen LogP contribution in [0.1, 0.15) is 19.8 Å². The van der Waals surface area contributed by atoms with Gasteiger partial charge in [0.1, 0.15) is 5.82 Å². The summed E-state index contributed by atoms with van der Waals surface area (Å²) in [5.74, 6) is 0.171. The molecule has 1 aromatic rings. The van der Waals surface area contributed by atoms with E-state index in [4.69, 9.17) is 0 Å². The molecular weight excluding hydrogens is 269 g/mol. The highest BCUT2D eigenvalue weighted by Gasteiger charge is 2.17. The lowest BCUT2D eigenvalue weighted by Gasteiger charge is -2.31. The van der Waals surface area contributed by atoms with Crippen LogP contribution in [0.15, 0.2) is 24.3 Å². The molecule has 1 aliphatic rings. The number of amides is 1. The van der Waals surface area contributed by atoms with E-state index < -0.39 is 0 Å². The summed E-state index contributed by atoms with van der Waals surface area (Å²) in [6.07, 6.45) is 2.37. The van der Waals surface area contributed by atoms with E-state index in [2.05, 4.69) is 22.5 Å². The van der Waals surface area contributed by atoms with Crippen LogP contribution in [0, 0.1) is 11.7 Å². The first-order chi connectivity index (χ1) is 10.2. The van der Waals surface area contributed by atoms with E-state index >= 15 is 0 Å². The molecule has 0 bridgehead atoms. The van der Waals surface area contributed by atoms with Gasteiger partial charge in [-0.05, 0) is 63.1 Å². The minimum absolute atomic E-state index is 0.133. The average molecular weight is 293 g/mol. The number of hydrogen-bond donors (Lipinski definition) is 2. The number of carbonyl (C=O) groups excluding carboxylic acids is 1. The van der Waals surface area contributed by atoms with E-state index in [0.29, 0.717) is 11.6 Å². The zero-order chi connectivity index (χ0) is 15.1. The molecule has 2 N–H and O–H groups in total. The van der Waals surface area contributed by atoms with E-state index in [-0.39, 0.29) is 18.3 Å². The highest BCUT2D eigenvalue weighted by atomic mass is 19.1. The van der Waals surface area contributed by atoms with E-state index in [1.807, 2.05) is 0 Å². The summed E-state index contributed by atoms with van der Waals surface area (Å²) in [6.45, 7) is 6.75. The lowest BCUT2D eigenvalue weighted by Crippen LogP contribution is -2.38. The number of halogens is 1. The summed E-state index contributed by atoms with van der Waals surface area (Å²) in [6, 6.07) is 5.94. The number of anilines is 1. The fourth-order valence-corrected chi connectivity index (χ4v) is 2.67. The molecule has 1 saturated heterocycles. The van der Waals surface area contributed by atoms with Gasteiger partial charge in [-0.2, -0.15) is 0 Å². The summed E-state index contributed by atoms with van der Waals surface area (Å²) in [5, 5.41) is 5.89. The first-order valence-electron chi connectivity index (χ1n) is 7.66. The summed E-state index contributed by atoms with van der Waals surface area (Å²) in [5.41, 5.74) is 0.498. The van der Waals surface area contributed by atoms with Gasteiger partial charge in [0.15, 0.2) is 0 Å². The quantitative estimate of drug-likeness (QED) is 0.844. The van der Waals surface area contributed by atoms with Crippen LogP contribution in [0.5, 0.6) is 0 Å². The van der Waals surface area contributed by atoms with Gasteiger partial charge in [-0.1, -0.05) is 13.0 Å². The minimum Gasteiger partial charge on any atom is -0.325 e.